The normalized spacial score (nSPS) is 13.4. The lowest BCUT2D eigenvalue weighted by molar-refractivity contribution is -0.117. The molecule has 0 bridgehead atoms. The summed E-state index contributed by atoms with van der Waals surface area (Å²) in [5.41, 5.74) is 4.73. The van der Waals surface area contributed by atoms with E-state index in [1.54, 1.807) is 18.8 Å². The zero-order valence-corrected chi connectivity index (χ0v) is 16.9. The number of fused-ring (bicyclic) bond motifs is 1. The molecule has 2 aromatic rings. The molecule has 5 nitrogen and oxygen atoms in total. The third-order valence-corrected chi connectivity index (χ3v) is 5.53. The van der Waals surface area contributed by atoms with E-state index in [2.05, 4.69) is 53.1 Å². The average Bonchev–Trinajstić information content (AvgIpc) is 3.13. The van der Waals surface area contributed by atoms with Gasteiger partial charge >= 0.3 is 0 Å². The molecule has 0 saturated carbocycles. The van der Waals surface area contributed by atoms with Crippen LogP contribution in [-0.4, -0.2) is 38.3 Å². The predicted octanol–water partition coefficient (Wildman–Crippen LogP) is 2.97. The molecule has 1 heterocycles. The maximum absolute atomic E-state index is 12.6. The number of nitrogens with one attached hydrogen (secondary N) is 2. The fourth-order valence-electron chi connectivity index (χ4n) is 3.25. The minimum absolute atomic E-state index is 0.0584. The number of aliphatic imine (C=N–C) groups is 1. The van der Waals surface area contributed by atoms with Crippen LogP contribution in [0.5, 0.6) is 0 Å². The van der Waals surface area contributed by atoms with E-state index in [0.717, 1.165) is 18.7 Å². The van der Waals surface area contributed by atoms with E-state index in [1.807, 2.05) is 23.1 Å². The first-order valence-corrected chi connectivity index (χ1v) is 10.3. The van der Waals surface area contributed by atoms with Crippen molar-refractivity contribution < 1.29 is 4.79 Å². The number of aryl methyl sites for hydroxylation is 1. The Bertz CT molecular complexity index is 850. The Morgan fingerprint density at radius 1 is 1.22 bits per heavy atom. The van der Waals surface area contributed by atoms with E-state index in [0.29, 0.717) is 12.5 Å². The lowest BCUT2D eigenvalue weighted by Crippen LogP contribution is -2.44. The van der Waals surface area contributed by atoms with Crippen molar-refractivity contribution in [1.82, 2.24) is 10.6 Å². The van der Waals surface area contributed by atoms with E-state index >= 15 is 0 Å². The Balaban J connectivity index is 1.55. The van der Waals surface area contributed by atoms with Crippen molar-refractivity contribution in [2.45, 2.75) is 24.8 Å². The van der Waals surface area contributed by atoms with Crippen LogP contribution in [0.25, 0.3) is 0 Å². The summed E-state index contributed by atoms with van der Waals surface area (Å²) in [4.78, 5) is 20.0. The SMILES string of the molecule is CN=C(NCC(=O)N1CCc2ccccc21)NCc1ccc(C)cc1SC. The second-order valence-corrected chi connectivity index (χ2v) is 7.37. The molecule has 0 spiro atoms. The number of hydrogen-bond acceptors (Lipinski definition) is 3. The minimum Gasteiger partial charge on any atom is -0.352 e. The lowest BCUT2D eigenvalue weighted by Gasteiger charge is -2.19. The number of benzene rings is 2. The molecule has 2 aromatic carbocycles. The molecule has 6 heteroatoms. The van der Waals surface area contributed by atoms with Gasteiger partial charge in [-0.15, -0.1) is 11.8 Å². The summed E-state index contributed by atoms with van der Waals surface area (Å²) in [5, 5.41) is 6.44. The lowest BCUT2D eigenvalue weighted by atomic mass is 10.1. The molecule has 0 atom stereocenters. The highest BCUT2D eigenvalue weighted by Gasteiger charge is 2.23. The second-order valence-electron chi connectivity index (χ2n) is 6.52. The number of anilines is 1. The maximum Gasteiger partial charge on any atom is 0.246 e. The van der Waals surface area contributed by atoms with Crippen LogP contribution in [0.1, 0.15) is 16.7 Å². The first-order chi connectivity index (χ1) is 13.1. The summed E-state index contributed by atoms with van der Waals surface area (Å²) in [7, 11) is 1.72. The van der Waals surface area contributed by atoms with Gasteiger partial charge in [-0.2, -0.15) is 0 Å². The topological polar surface area (TPSA) is 56.7 Å². The summed E-state index contributed by atoms with van der Waals surface area (Å²) < 4.78 is 0. The van der Waals surface area contributed by atoms with Gasteiger partial charge in [0.25, 0.3) is 0 Å². The molecular weight excluding hydrogens is 356 g/mol. The van der Waals surface area contributed by atoms with Crippen LogP contribution in [-0.2, 0) is 17.8 Å². The summed E-state index contributed by atoms with van der Waals surface area (Å²) in [6.07, 6.45) is 3.00. The van der Waals surface area contributed by atoms with Crippen LogP contribution in [0.3, 0.4) is 0 Å². The minimum atomic E-state index is 0.0584. The van der Waals surface area contributed by atoms with Crippen molar-refractivity contribution in [3.8, 4) is 0 Å². The molecule has 0 saturated heterocycles. The van der Waals surface area contributed by atoms with E-state index < -0.39 is 0 Å². The number of guanidine groups is 1. The average molecular weight is 383 g/mol. The highest BCUT2D eigenvalue weighted by Crippen LogP contribution is 2.27. The van der Waals surface area contributed by atoms with Gasteiger partial charge in [0.15, 0.2) is 5.96 Å². The number of carbonyl (C=O) groups excluding carboxylic acids is 1. The third kappa shape index (κ3) is 4.63. The fourth-order valence-corrected chi connectivity index (χ4v) is 3.96. The summed E-state index contributed by atoms with van der Waals surface area (Å²) >= 11 is 1.74. The number of amides is 1. The van der Waals surface area contributed by atoms with Crippen molar-refractivity contribution in [3.05, 3.63) is 59.2 Å². The van der Waals surface area contributed by atoms with Gasteiger partial charge in [0.05, 0.1) is 6.54 Å². The summed E-state index contributed by atoms with van der Waals surface area (Å²) in [6.45, 7) is 3.72. The fraction of sp³-hybridized carbons (Fsp3) is 0.333. The summed E-state index contributed by atoms with van der Waals surface area (Å²) in [6, 6.07) is 14.5. The van der Waals surface area contributed by atoms with Gasteiger partial charge in [-0.3, -0.25) is 9.79 Å². The van der Waals surface area contributed by atoms with Crippen molar-refractivity contribution in [3.63, 3.8) is 0 Å². The molecule has 0 unspecified atom stereocenters. The maximum atomic E-state index is 12.6. The van der Waals surface area contributed by atoms with Crippen molar-refractivity contribution >= 4 is 29.3 Å². The molecule has 2 N–H and O–H groups in total. The van der Waals surface area contributed by atoms with Crippen LogP contribution >= 0.6 is 11.8 Å². The van der Waals surface area contributed by atoms with Crippen LogP contribution < -0.4 is 15.5 Å². The molecule has 27 heavy (non-hydrogen) atoms. The molecule has 1 amide bonds. The Hall–Kier alpha value is -2.47. The van der Waals surface area contributed by atoms with Crippen molar-refractivity contribution in [2.75, 3.05) is 31.3 Å². The number of carbonyl (C=O) groups is 1. The van der Waals surface area contributed by atoms with Crippen molar-refractivity contribution in [2.24, 2.45) is 4.99 Å². The number of para-hydroxylation sites is 1. The highest BCUT2D eigenvalue weighted by molar-refractivity contribution is 7.98. The molecule has 142 valence electrons. The second kappa shape index (κ2) is 8.95. The summed E-state index contributed by atoms with van der Waals surface area (Å²) in [5.74, 6) is 0.687. The van der Waals surface area contributed by atoms with Gasteiger partial charge in [0.2, 0.25) is 5.91 Å². The zero-order valence-electron chi connectivity index (χ0n) is 16.1. The number of hydrogen-bond donors (Lipinski definition) is 2. The highest BCUT2D eigenvalue weighted by atomic mass is 32.2. The van der Waals surface area contributed by atoms with Gasteiger partial charge in [0, 0.05) is 30.7 Å². The molecule has 0 aliphatic carbocycles. The van der Waals surface area contributed by atoms with Gasteiger partial charge in [-0.1, -0.05) is 30.3 Å². The third-order valence-electron chi connectivity index (χ3n) is 4.71. The van der Waals surface area contributed by atoms with Gasteiger partial charge in [0.1, 0.15) is 0 Å². The molecular formula is C21H26N4OS. The van der Waals surface area contributed by atoms with E-state index in [-0.39, 0.29) is 12.5 Å². The van der Waals surface area contributed by atoms with E-state index in [9.17, 15) is 4.79 Å². The molecule has 1 aliphatic heterocycles. The Labute approximate surface area is 165 Å². The largest absolute Gasteiger partial charge is 0.352 e. The predicted molar refractivity (Wildman–Crippen MR) is 114 cm³/mol. The first kappa shape index (κ1) is 19.3. The molecule has 1 aliphatic rings. The number of thioether (sulfide) groups is 1. The number of nitrogens with zero attached hydrogens (tertiary/aromatic N) is 2. The van der Waals surface area contributed by atoms with Crippen LogP contribution in [0.2, 0.25) is 0 Å². The Morgan fingerprint density at radius 2 is 2.04 bits per heavy atom. The molecule has 0 fully saturated rings. The van der Waals surface area contributed by atoms with Crippen LogP contribution in [0.4, 0.5) is 5.69 Å². The quantitative estimate of drug-likeness (QED) is 0.474. The van der Waals surface area contributed by atoms with Crippen molar-refractivity contribution in [1.29, 1.82) is 0 Å². The first-order valence-electron chi connectivity index (χ1n) is 9.08. The van der Waals surface area contributed by atoms with Gasteiger partial charge in [-0.25, -0.2) is 0 Å². The van der Waals surface area contributed by atoms with E-state index in [1.165, 1.54) is 21.6 Å². The van der Waals surface area contributed by atoms with E-state index in [4.69, 9.17) is 0 Å². The van der Waals surface area contributed by atoms with Crippen LogP contribution in [0.15, 0.2) is 52.4 Å². The molecule has 3 rings (SSSR count). The Morgan fingerprint density at radius 3 is 2.81 bits per heavy atom. The monoisotopic (exact) mass is 382 g/mol. The molecule has 0 radical (unpaired) electrons. The molecule has 0 aromatic heterocycles. The van der Waals surface area contributed by atoms with Gasteiger partial charge < -0.3 is 15.5 Å². The smallest absolute Gasteiger partial charge is 0.246 e. The Kier molecular flexibility index (Phi) is 6.40. The van der Waals surface area contributed by atoms with Gasteiger partial charge in [-0.05, 0) is 48.4 Å². The van der Waals surface area contributed by atoms with Crippen LogP contribution in [0, 0.1) is 6.92 Å². The zero-order chi connectivity index (χ0) is 19.2. The standard InChI is InChI=1S/C21H26N4OS/c1-15-8-9-17(19(12-15)27-3)13-23-21(22-2)24-14-20(26)25-11-10-16-6-4-5-7-18(16)25/h4-9,12H,10-11,13-14H2,1-3H3,(H2,22,23,24). The number of rotatable bonds is 5.